The Labute approximate surface area is 169 Å². The third-order valence-electron chi connectivity index (χ3n) is 4.23. The first-order chi connectivity index (χ1) is 12.4. The zero-order valence-corrected chi connectivity index (χ0v) is 17.7. The molecule has 0 unspecified atom stereocenters. The van der Waals surface area contributed by atoms with Crippen LogP contribution in [0.15, 0.2) is 39.1 Å². The van der Waals surface area contributed by atoms with Crippen molar-refractivity contribution < 1.29 is 13.2 Å². The standard InChI is InChI=1S/C16H17BrClN3O3S2/c17-12-8-13(25-10-12)9-20-16(22)11-3-6-21(7-4-11)26(23,24)14-2-1-5-19-15(14)18/h1-2,5,8,10-11H,3-4,6-7,9H2,(H,20,22). The molecule has 2 aromatic heterocycles. The van der Waals surface area contributed by atoms with Gasteiger partial charge in [-0.25, -0.2) is 13.4 Å². The Morgan fingerprint density at radius 1 is 1.42 bits per heavy atom. The lowest BCUT2D eigenvalue weighted by Crippen LogP contribution is -2.42. The van der Waals surface area contributed by atoms with E-state index >= 15 is 0 Å². The SMILES string of the molecule is O=C(NCc1cc(Br)cs1)C1CCN(S(=O)(=O)c2cccnc2Cl)CC1. The molecule has 0 aliphatic carbocycles. The summed E-state index contributed by atoms with van der Waals surface area (Å²) in [5.74, 6) is -0.222. The molecule has 1 N–H and O–H groups in total. The molecule has 0 aromatic carbocycles. The Morgan fingerprint density at radius 2 is 2.15 bits per heavy atom. The lowest BCUT2D eigenvalue weighted by molar-refractivity contribution is -0.126. The fourth-order valence-corrected chi connectivity index (χ4v) is 6.11. The van der Waals surface area contributed by atoms with E-state index in [2.05, 4.69) is 26.2 Å². The van der Waals surface area contributed by atoms with Crippen molar-refractivity contribution in [1.82, 2.24) is 14.6 Å². The molecular formula is C16H17BrClN3O3S2. The van der Waals surface area contributed by atoms with Crippen molar-refractivity contribution in [3.63, 3.8) is 0 Å². The quantitative estimate of drug-likeness (QED) is 0.669. The van der Waals surface area contributed by atoms with Gasteiger partial charge >= 0.3 is 0 Å². The minimum atomic E-state index is -3.69. The van der Waals surface area contributed by atoms with Crippen molar-refractivity contribution >= 4 is 54.8 Å². The summed E-state index contributed by atoms with van der Waals surface area (Å²) in [6.45, 7) is 1.06. The van der Waals surface area contributed by atoms with Crippen LogP contribution in [0.5, 0.6) is 0 Å². The van der Waals surface area contributed by atoms with Crippen molar-refractivity contribution in [3.8, 4) is 0 Å². The summed E-state index contributed by atoms with van der Waals surface area (Å²) in [5, 5.41) is 4.86. The second kappa shape index (κ2) is 8.35. The summed E-state index contributed by atoms with van der Waals surface area (Å²) < 4.78 is 27.8. The van der Waals surface area contributed by atoms with Gasteiger partial charge in [0.1, 0.15) is 10.0 Å². The molecule has 1 aliphatic rings. The van der Waals surface area contributed by atoms with Crippen LogP contribution in [-0.2, 0) is 21.4 Å². The van der Waals surface area contributed by atoms with Crippen LogP contribution in [0.1, 0.15) is 17.7 Å². The number of hydrogen-bond donors (Lipinski definition) is 1. The zero-order chi connectivity index (χ0) is 18.7. The fourth-order valence-electron chi connectivity index (χ4n) is 2.83. The number of carbonyl (C=O) groups is 1. The van der Waals surface area contributed by atoms with Crippen LogP contribution in [0.2, 0.25) is 5.15 Å². The molecule has 26 heavy (non-hydrogen) atoms. The number of thiophene rings is 1. The molecular weight excluding hydrogens is 462 g/mol. The first-order valence-corrected chi connectivity index (χ1v) is 11.5. The summed E-state index contributed by atoms with van der Waals surface area (Å²) in [6, 6.07) is 4.96. The summed E-state index contributed by atoms with van der Waals surface area (Å²) >= 11 is 10.9. The van der Waals surface area contributed by atoms with Gasteiger partial charge in [0.05, 0.1) is 6.54 Å². The molecule has 0 radical (unpaired) electrons. The Morgan fingerprint density at radius 3 is 2.77 bits per heavy atom. The molecule has 0 bridgehead atoms. The number of halogens is 2. The van der Waals surface area contributed by atoms with Crippen molar-refractivity contribution in [3.05, 3.63) is 44.3 Å². The van der Waals surface area contributed by atoms with Crippen LogP contribution in [0.3, 0.4) is 0 Å². The average Bonchev–Trinajstić information content (AvgIpc) is 3.05. The molecule has 2 aromatic rings. The molecule has 6 nitrogen and oxygen atoms in total. The number of nitrogens with one attached hydrogen (secondary N) is 1. The van der Waals surface area contributed by atoms with Gasteiger partial charge in [-0.2, -0.15) is 4.31 Å². The number of aromatic nitrogens is 1. The Kier molecular flexibility index (Phi) is 6.34. The van der Waals surface area contributed by atoms with Gasteiger partial charge in [-0.1, -0.05) is 11.6 Å². The van der Waals surface area contributed by atoms with Crippen LogP contribution < -0.4 is 5.32 Å². The summed E-state index contributed by atoms with van der Waals surface area (Å²) in [5.41, 5.74) is 0. The second-order valence-electron chi connectivity index (χ2n) is 5.92. The first-order valence-electron chi connectivity index (χ1n) is 7.99. The Balaban J connectivity index is 1.57. The van der Waals surface area contributed by atoms with E-state index in [-0.39, 0.29) is 35.0 Å². The van der Waals surface area contributed by atoms with Gasteiger partial charge < -0.3 is 5.32 Å². The van der Waals surface area contributed by atoms with Gasteiger partial charge in [-0.05, 0) is 47.0 Å². The smallest absolute Gasteiger partial charge is 0.246 e. The monoisotopic (exact) mass is 477 g/mol. The van der Waals surface area contributed by atoms with E-state index in [1.165, 1.54) is 16.6 Å². The maximum absolute atomic E-state index is 12.7. The number of nitrogens with zero attached hydrogens (tertiary/aromatic N) is 2. The molecule has 0 spiro atoms. The Hall–Kier alpha value is -1.00. The summed E-state index contributed by atoms with van der Waals surface area (Å²) in [4.78, 5) is 17.2. The van der Waals surface area contributed by atoms with Crippen LogP contribution in [0.4, 0.5) is 0 Å². The van der Waals surface area contributed by atoms with Crippen LogP contribution >= 0.6 is 38.9 Å². The lowest BCUT2D eigenvalue weighted by Gasteiger charge is -2.30. The second-order valence-corrected chi connectivity index (χ2v) is 10.1. The van der Waals surface area contributed by atoms with Gasteiger partial charge in [0, 0.05) is 39.9 Å². The predicted molar refractivity (Wildman–Crippen MR) is 105 cm³/mol. The van der Waals surface area contributed by atoms with Gasteiger partial charge in [0.25, 0.3) is 0 Å². The average molecular weight is 479 g/mol. The van der Waals surface area contributed by atoms with E-state index in [1.807, 2.05) is 11.4 Å². The number of pyridine rings is 1. The highest BCUT2D eigenvalue weighted by Gasteiger charge is 2.33. The molecule has 1 aliphatic heterocycles. The van der Waals surface area contributed by atoms with Crippen LogP contribution in [-0.4, -0.2) is 36.7 Å². The van der Waals surface area contributed by atoms with Gasteiger partial charge in [-0.15, -0.1) is 11.3 Å². The van der Waals surface area contributed by atoms with Crippen LogP contribution in [0.25, 0.3) is 0 Å². The van der Waals surface area contributed by atoms with E-state index in [4.69, 9.17) is 11.6 Å². The molecule has 0 saturated carbocycles. The van der Waals surface area contributed by atoms with Crippen LogP contribution in [0, 0.1) is 5.92 Å². The molecule has 140 valence electrons. The number of hydrogen-bond acceptors (Lipinski definition) is 5. The van der Waals surface area contributed by atoms with Gasteiger partial charge in [0.15, 0.2) is 0 Å². The number of carbonyl (C=O) groups excluding carboxylic acids is 1. The lowest BCUT2D eigenvalue weighted by atomic mass is 9.97. The van der Waals surface area contributed by atoms with Crippen molar-refractivity contribution in [2.75, 3.05) is 13.1 Å². The van der Waals surface area contributed by atoms with E-state index in [0.29, 0.717) is 19.4 Å². The molecule has 1 fully saturated rings. The van der Waals surface area contributed by atoms with Crippen molar-refractivity contribution in [2.45, 2.75) is 24.3 Å². The normalized spacial score (nSPS) is 16.5. The topological polar surface area (TPSA) is 79.4 Å². The molecule has 3 rings (SSSR count). The summed E-state index contributed by atoms with van der Waals surface area (Å²) in [6.07, 6.45) is 2.41. The first kappa shape index (κ1) is 19.8. The third kappa shape index (κ3) is 4.45. The highest BCUT2D eigenvalue weighted by atomic mass is 79.9. The largest absolute Gasteiger partial charge is 0.351 e. The van der Waals surface area contributed by atoms with Gasteiger partial charge in [0.2, 0.25) is 15.9 Å². The van der Waals surface area contributed by atoms with E-state index in [1.54, 1.807) is 17.4 Å². The minimum Gasteiger partial charge on any atom is -0.351 e. The number of sulfonamides is 1. The Bertz CT molecular complexity index is 896. The molecule has 0 atom stereocenters. The summed E-state index contributed by atoms with van der Waals surface area (Å²) in [7, 11) is -3.69. The van der Waals surface area contributed by atoms with Crippen molar-refractivity contribution in [2.24, 2.45) is 5.92 Å². The number of amides is 1. The molecule has 10 heteroatoms. The van der Waals surface area contributed by atoms with E-state index in [0.717, 1.165) is 9.35 Å². The highest BCUT2D eigenvalue weighted by molar-refractivity contribution is 9.10. The van der Waals surface area contributed by atoms with Crippen molar-refractivity contribution in [1.29, 1.82) is 0 Å². The van der Waals surface area contributed by atoms with Gasteiger partial charge in [-0.3, -0.25) is 4.79 Å². The number of piperidine rings is 1. The highest BCUT2D eigenvalue weighted by Crippen LogP contribution is 2.27. The predicted octanol–water partition coefficient (Wildman–Crippen LogP) is 3.28. The molecule has 1 amide bonds. The zero-order valence-electron chi connectivity index (χ0n) is 13.7. The fraction of sp³-hybridized carbons (Fsp3) is 0.375. The van der Waals surface area contributed by atoms with E-state index in [9.17, 15) is 13.2 Å². The molecule has 3 heterocycles. The minimum absolute atomic E-state index is 0.00726. The third-order valence-corrected chi connectivity index (χ3v) is 8.27. The maximum Gasteiger partial charge on any atom is 0.246 e. The molecule has 1 saturated heterocycles. The maximum atomic E-state index is 12.7. The number of rotatable bonds is 5. The van der Waals surface area contributed by atoms with E-state index < -0.39 is 10.0 Å².